The van der Waals surface area contributed by atoms with Crippen LogP contribution in [0.2, 0.25) is 0 Å². The third-order valence-electron chi connectivity index (χ3n) is 3.52. The lowest BCUT2D eigenvalue weighted by molar-refractivity contribution is 0.0987. The Morgan fingerprint density at radius 1 is 1.20 bits per heavy atom. The molecule has 1 heterocycles. The summed E-state index contributed by atoms with van der Waals surface area (Å²) in [6.07, 6.45) is 0.701. The van der Waals surface area contributed by atoms with Gasteiger partial charge in [0.25, 0.3) is 5.91 Å². The summed E-state index contributed by atoms with van der Waals surface area (Å²) in [5.41, 5.74) is 8.48. The Balaban J connectivity index is 2.00. The highest BCUT2D eigenvalue weighted by Crippen LogP contribution is 2.34. The van der Waals surface area contributed by atoms with Gasteiger partial charge in [0, 0.05) is 29.5 Å². The van der Waals surface area contributed by atoms with Crippen molar-refractivity contribution in [2.45, 2.75) is 6.42 Å². The van der Waals surface area contributed by atoms with E-state index in [0.29, 0.717) is 18.7 Å². The van der Waals surface area contributed by atoms with Crippen molar-refractivity contribution in [3.05, 3.63) is 47.5 Å². The molecule has 0 unspecified atom stereocenters. The van der Waals surface area contributed by atoms with Crippen LogP contribution in [0.15, 0.2) is 36.4 Å². The van der Waals surface area contributed by atoms with Crippen molar-refractivity contribution >= 4 is 17.3 Å². The van der Waals surface area contributed by atoms with Crippen LogP contribution in [0.1, 0.15) is 15.9 Å². The smallest absolute Gasteiger partial charge is 0.262 e. The topological polar surface area (TPSA) is 86.8 Å². The fourth-order valence-electron chi connectivity index (χ4n) is 2.52. The maximum absolute atomic E-state index is 12.5. The number of hydrogen-bond acceptors (Lipinski definition) is 4. The number of nitrogens with two attached hydrogens (primary N) is 1. The molecule has 4 N–H and O–H groups in total. The van der Waals surface area contributed by atoms with E-state index in [1.807, 2.05) is 12.1 Å². The van der Waals surface area contributed by atoms with Crippen molar-refractivity contribution in [2.24, 2.45) is 0 Å². The van der Waals surface area contributed by atoms with Gasteiger partial charge in [-0.05, 0) is 30.7 Å². The molecule has 3 rings (SSSR count). The molecular weight excluding hydrogens is 256 g/mol. The van der Waals surface area contributed by atoms with E-state index in [-0.39, 0.29) is 23.0 Å². The van der Waals surface area contributed by atoms with E-state index in [0.717, 1.165) is 17.3 Å². The molecule has 2 aromatic carbocycles. The lowest BCUT2D eigenvalue weighted by Crippen LogP contribution is -2.28. The number of amides is 1. The Kier molecular flexibility index (Phi) is 2.75. The van der Waals surface area contributed by atoms with E-state index in [9.17, 15) is 15.0 Å². The van der Waals surface area contributed by atoms with E-state index in [2.05, 4.69) is 0 Å². The molecule has 0 saturated carbocycles. The minimum absolute atomic E-state index is 0.0786. The van der Waals surface area contributed by atoms with Crippen LogP contribution in [-0.4, -0.2) is 22.7 Å². The molecule has 20 heavy (non-hydrogen) atoms. The molecule has 5 nitrogen and oxygen atoms in total. The molecule has 5 heteroatoms. The number of anilines is 2. The Morgan fingerprint density at radius 2 is 2.00 bits per heavy atom. The Morgan fingerprint density at radius 3 is 2.75 bits per heavy atom. The van der Waals surface area contributed by atoms with Crippen LogP contribution < -0.4 is 10.6 Å². The van der Waals surface area contributed by atoms with Gasteiger partial charge in [0.05, 0.1) is 5.56 Å². The van der Waals surface area contributed by atoms with E-state index < -0.39 is 0 Å². The Hall–Kier alpha value is -2.69. The SMILES string of the molecule is Nc1cccc2c1CCN2C(=O)c1ccc(O)cc1O. The van der Waals surface area contributed by atoms with Crippen molar-refractivity contribution in [1.82, 2.24) is 0 Å². The number of aromatic hydroxyl groups is 2. The van der Waals surface area contributed by atoms with Gasteiger partial charge in [-0.15, -0.1) is 0 Å². The summed E-state index contributed by atoms with van der Waals surface area (Å²) in [5.74, 6) is -0.607. The van der Waals surface area contributed by atoms with Gasteiger partial charge in [-0.2, -0.15) is 0 Å². The first kappa shape index (κ1) is 12.3. The molecule has 2 aromatic rings. The number of carbonyl (C=O) groups is 1. The van der Waals surface area contributed by atoms with Crippen molar-refractivity contribution in [3.63, 3.8) is 0 Å². The molecule has 0 aromatic heterocycles. The first-order valence-corrected chi connectivity index (χ1v) is 6.29. The third-order valence-corrected chi connectivity index (χ3v) is 3.52. The number of phenolic OH excluding ortho intramolecular Hbond substituents is 2. The summed E-state index contributed by atoms with van der Waals surface area (Å²) in [6.45, 7) is 0.530. The summed E-state index contributed by atoms with van der Waals surface area (Å²) in [4.78, 5) is 14.1. The zero-order valence-electron chi connectivity index (χ0n) is 10.7. The van der Waals surface area contributed by atoms with Gasteiger partial charge in [-0.1, -0.05) is 6.07 Å². The van der Waals surface area contributed by atoms with Crippen LogP contribution in [0, 0.1) is 0 Å². The predicted octanol–water partition coefficient (Wildman–Crippen LogP) is 1.88. The van der Waals surface area contributed by atoms with Gasteiger partial charge >= 0.3 is 0 Å². The van der Waals surface area contributed by atoms with E-state index in [1.165, 1.54) is 12.1 Å². The summed E-state index contributed by atoms with van der Waals surface area (Å²) < 4.78 is 0. The molecule has 0 aliphatic carbocycles. The number of nitrogen functional groups attached to an aromatic ring is 1. The monoisotopic (exact) mass is 270 g/mol. The molecule has 1 amide bonds. The van der Waals surface area contributed by atoms with Gasteiger partial charge in [0.1, 0.15) is 11.5 Å². The normalized spacial score (nSPS) is 13.3. The zero-order valence-corrected chi connectivity index (χ0v) is 10.7. The highest BCUT2D eigenvalue weighted by Gasteiger charge is 2.28. The number of hydrogen-bond donors (Lipinski definition) is 3. The van der Waals surface area contributed by atoms with Crippen LogP contribution in [0.25, 0.3) is 0 Å². The van der Waals surface area contributed by atoms with Crippen molar-refractivity contribution in [1.29, 1.82) is 0 Å². The van der Waals surface area contributed by atoms with Crippen LogP contribution >= 0.6 is 0 Å². The summed E-state index contributed by atoms with van der Waals surface area (Å²) in [6, 6.07) is 9.40. The molecule has 0 saturated heterocycles. The third kappa shape index (κ3) is 1.84. The second kappa shape index (κ2) is 4.45. The highest BCUT2D eigenvalue weighted by molar-refractivity contribution is 6.09. The van der Waals surface area contributed by atoms with E-state index >= 15 is 0 Å². The fraction of sp³-hybridized carbons (Fsp3) is 0.133. The minimum atomic E-state index is -0.299. The molecule has 0 fully saturated rings. The Bertz CT molecular complexity index is 698. The maximum Gasteiger partial charge on any atom is 0.262 e. The van der Waals surface area contributed by atoms with E-state index in [1.54, 1.807) is 11.0 Å². The Labute approximate surface area is 115 Å². The van der Waals surface area contributed by atoms with Gasteiger partial charge in [0.2, 0.25) is 0 Å². The second-order valence-corrected chi connectivity index (χ2v) is 4.75. The molecule has 0 bridgehead atoms. The second-order valence-electron chi connectivity index (χ2n) is 4.75. The molecule has 102 valence electrons. The number of fused-ring (bicyclic) bond motifs is 1. The van der Waals surface area contributed by atoms with Crippen molar-refractivity contribution < 1.29 is 15.0 Å². The van der Waals surface area contributed by atoms with E-state index in [4.69, 9.17) is 5.73 Å². The molecule has 0 radical (unpaired) electrons. The zero-order chi connectivity index (χ0) is 14.3. The number of benzene rings is 2. The average Bonchev–Trinajstić information content (AvgIpc) is 2.83. The van der Waals surface area contributed by atoms with Crippen LogP contribution in [0.5, 0.6) is 11.5 Å². The average molecular weight is 270 g/mol. The van der Waals surface area contributed by atoms with Gasteiger partial charge in [-0.25, -0.2) is 0 Å². The maximum atomic E-state index is 12.5. The van der Waals surface area contributed by atoms with Gasteiger partial charge in [0.15, 0.2) is 0 Å². The van der Waals surface area contributed by atoms with Gasteiger partial charge in [-0.3, -0.25) is 4.79 Å². The van der Waals surface area contributed by atoms with Crippen molar-refractivity contribution in [3.8, 4) is 11.5 Å². The largest absolute Gasteiger partial charge is 0.508 e. The number of nitrogens with zero attached hydrogens (tertiary/aromatic N) is 1. The molecule has 1 aliphatic rings. The van der Waals surface area contributed by atoms with Crippen LogP contribution in [0.4, 0.5) is 11.4 Å². The van der Waals surface area contributed by atoms with Crippen LogP contribution in [-0.2, 0) is 6.42 Å². The lowest BCUT2D eigenvalue weighted by atomic mass is 10.1. The highest BCUT2D eigenvalue weighted by atomic mass is 16.3. The molecule has 1 aliphatic heterocycles. The summed E-state index contributed by atoms with van der Waals surface area (Å²) in [5, 5.41) is 19.1. The molecule has 0 atom stereocenters. The van der Waals surface area contributed by atoms with Gasteiger partial charge < -0.3 is 20.8 Å². The quantitative estimate of drug-likeness (QED) is 0.690. The number of phenols is 2. The van der Waals surface area contributed by atoms with Crippen LogP contribution in [0.3, 0.4) is 0 Å². The lowest BCUT2D eigenvalue weighted by Gasteiger charge is -2.18. The number of rotatable bonds is 1. The summed E-state index contributed by atoms with van der Waals surface area (Å²) >= 11 is 0. The molecular formula is C15H14N2O3. The standard InChI is InChI=1S/C15H14N2O3/c16-12-2-1-3-13-10(12)6-7-17(13)15(20)11-5-4-9(18)8-14(11)19/h1-5,8,18-19H,6-7,16H2. The van der Waals surface area contributed by atoms with Crippen molar-refractivity contribution in [2.75, 3.05) is 17.2 Å². The first-order valence-electron chi connectivity index (χ1n) is 6.29. The fourth-order valence-corrected chi connectivity index (χ4v) is 2.52. The summed E-state index contributed by atoms with van der Waals surface area (Å²) in [7, 11) is 0. The minimum Gasteiger partial charge on any atom is -0.508 e. The predicted molar refractivity (Wildman–Crippen MR) is 76.0 cm³/mol. The first-order chi connectivity index (χ1) is 9.58. The number of carbonyl (C=O) groups excluding carboxylic acids is 1. The molecule has 0 spiro atoms.